The first kappa shape index (κ1) is 17.5. The van der Waals surface area contributed by atoms with E-state index in [1.165, 1.54) is 0 Å². The number of primary amides is 1. The second-order valence-corrected chi connectivity index (χ2v) is 4.84. The predicted molar refractivity (Wildman–Crippen MR) is 82.7 cm³/mol. The molecular weight excluding hydrogens is 286 g/mol. The van der Waals surface area contributed by atoms with Crippen molar-refractivity contribution in [2.75, 3.05) is 12.4 Å². The molecule has 0 fully saturated rings. The van der Waals surface area contributed by atoms with Crippen LogP contribution in [0.4, 0.5) is 5.69 Å². The molecule has 0 saturated heterocycles. The molecule has 0 heterocycles. The first-order chi connectivity index (χ1) is 10.4. The molecule has 7 heteroatoms. The van der Waals surface area contributed by atoms with Crippen molar-refractivity contribution in [3.05, 3.63) is 29.3 Å². The number of aliphatic carboxylic acids is 1. The van der Waals surface area contributed by atoms with E-state index in [-0.39, 0.29) is 12.8 Å². The van der Waals surface area contributed by atoms with Gasteiger partial charge in [-0.1, -0.05) is 6.92 Å². The Morgan fingerprint density at radius 3 is 2.50 bits per heavy atom. The lowest BCUT2D eigenvalue weighted by Crippen LogP contribution is -2.41. The van der Waals surface area contributed by atoms with E-state index >= 15 is 0 Å². The Morgan fingerprint density at radius 1 is 1.32 bits per heavy atom. The van der Waals surface area contributed by atoms with Gasteiger partial charge in [0.15, 0.2) is 0 Å². The van der Waals surface area contributed by atoms with Crippen LogP contribution >= 0.6 is 0 Å². The molecule has 0 unspecified atom stereocenters. The molecule has 0 aliphatic rings. The molecule has 0 aliphatic carbocycles. The van der Waals surface area contributed by atoms with Crippen LogP contribution in [0.3, 0.4) is 0 Å². The van der Waals surface area contributed by atoms with Crippen molar-refractivity contribution in [3.8, 4) is 0 Å². The molecule has 1 aromatic carbocycles. The van der Waals surface area contributed by atoms with Gasteiger partial charge in [0.05, 0.1) is 0 Å². The molecule has 0 spiro atoms. The van der Waals surface area contributed by atoms with Gasteiger partial charge in [-0.05, 0) is 36.6 Å². The van der Waals surface area contributed by atoms with Crippen molar-refractivity contribution in [1.29, 1.82) is 0 Å². The van der Waals surface area contributed by atoms with E-state index in [1.807, 2.05) is 6.92 Å². The summed E-state index contributed by atoms with van der Waals surface area (Å²) in [4.78, 5) is 34.0. The smallest absolute Gasteiger partial charge is 0.326 e. The normalized spacial score (nSPS) is 11.5. The minimum Gasteiger partial charge on any atom is -0.480 e. The van der Waals surface area contributed by atoms with E-state index in [4.69, 9.17) is 10.8 Å². The van der Waals surface area contributed by atoms with E-state index in [0.717, 1.165) is 17.7 Å². The predicted octanol–water partition coefficient (Wildman–Crippen LogP) is 0.739. The van der Waals surface area contributed by atoms with Gasteiger partial charge in [0.25, 0.3) is 5.91 Å². The number of rotatable bonds is 8. The summed E-state index contributed by atoms with van der Waals surface area (Å²) >= 11 is 0. The topological polar surface area (TPSA) is 122 Å². The highest BCUT2D eigenvalue weighted by atomic mass is 16.4. The molecule has 1 aromatic rings. The van der Waals surface area contributed by atoms with Crippen LogP contribution in [-0.4, -0.2) is 36.0 Å². The maximum absolute atomic E-state index is 12.2. The lowest BCUT2D eigenvalue weighted by molar-refractivity contribution is -0.139. The van der Waals surface area contributed by atoms with E-state index in [0.29, 0.717) is 5.56 Å². The third kappa shape index (κ3) is 4.76. The van der Waals surface area contributed by atoms with Crippen LogP contribution in [0.25, 0.3) is 0 Å². The van der Waals surface area contributed by atoms with Crippen LogP contribution < -0.4 is 16.4 Å². The Labute approximate surface area is 128 Å². The van der Waals surface area contributed by atoms with E-state index in [9.17, 15) is 14.4 Å². The minimum atomic E-state index is -1.20. The van der Waals surface area contributed by atoms with E-state index in [2.05, 4.69) is 10.6 Å². The van der Waals surface area contributed by atoms with Crippen LogP contribution in [0.2, 0.25) is 0 Å². The maximum Gasteiger partial charge on any atom is 0.326 e. The van der Waals surface area contributed by atoms with Gasteiger partial charge in [-0.3, -0.25) is 9.59 Å². The molecule has 0 aromatic heterocycles. The number of amides is 2. The Morgan fingerprint density at radius 2 is 2.00 bits per heavy atom. The summed E-state index contributed by atoms with van der Waals surface area (Å²) in [7, 11) is 1.79. The van der Waals surface area contributed by atoms with E-state index < -0.39 is 23.8 Å². The molecule has 0 aliphatic heterocycles. The van der Waals surface area contributed by atoms with Gasteiger partial charge >= 0.3 is 5.97 Å². The number of hydrogen-bond donors (Lipinski definition) is 4. The summed E-state index contributed by atoms with van der Waals surface area (Å²) in [5, 5.41) is 14.5. The number of nitrogens with two attached hydrogens (primary N) is 1. The maximum atomic E-state index is 12.2. The highest BCUT2D eigenvalue weighted by Gasteiger charge is 2.21. The highest BCUT2D eigenvalue weighted by molar-refractivity contribution is 5.97. The number of carbonyl (C=O) groups is 3. The summed E-state index contributed by atoms with van der Waals surface area (Å²) in [6, 6.07) is 3.96. The molecule has 1 rings (SSSR count). The Kier molecular flexibility index (Phi) is 6.37. The molecule has 5 N–H and O–H groups in total. The van der Waals surface area contributed by atoms with Gasteiger partial charge in [0, 0.05) is 24.7 Å². The lowest BCUT2D eigenvalue weighted by Gasteiger charge is -2.15. The van der Waals surface area contributed by atoms with Gasteiger partial charge < -0.3 is 21.5 Å². The van der Waals surface area contributed by atoms with Crippen molar-refractivity contribution in [1.82, 2.24) is 5.32 Å². The third-order valence-electron chi connectivity index (χ3n) is 3.30. The number of benzene rings is 1. The van der Waals surface area contributed by atoms with Gasteiger partial charge in [0.2, 0.25) is 5.91 Å². The molecule has 0 bridgehead atoms. The first-order valence-electron chi connectivity index (χ1n) is 7.01. The average molecular weight is 307 g/mol. The largest absolute Gasteiger partial charge is 0.480 e. The minimum absolute atomic E-state index is 0.0361. The number of carboxylic acid groups (broad SMARTS) is 1. The Balaban J connectivity index is 2.85. The van der Waals surface area contributed by atoms with Gasteiger partial charge in [-0.2, -0.15) is 0 Å². The number of hydrogen-bond acceptors (Lipinski definition) is 4. The van der Waals surface area contributed by atoms with Gasteiger partial charge in [0.1, 0.15) is 6.04 Å². The second-order valence-electron chi connectivity index (χ2n) is 4.84. The zero-order valence-electron chi connectivity index (χ0n) is 12.7. The van der Waals surface area contributed by atoms with Crippen LogP contribution in [0.15, 0.2) is 18.2 Å². The van der Waals surface area contributed by atoms with E-state index in [1.54, 1.807) is 25.2 Å². The fourth-order valence-electron chi connectivity index (χ4n) is 2.06. The van der Waals surface area contributed by atoms with Crippen molar-refractivity contribution in [3.63, 3.8) is 0 Å². The van der Waals surface area contributed by atoms with Crippen LogP contribution in [-0.2, 0) is 16.0 Å². The van der Waals surface area contributed by atoms with Crippen molar-refractivity contribution in [2.24, 2.45) is 5.73 Å². The second kappa shape index (κ2) is 8.02. The number of nitrogens with one attached hydrogen (secondary N) is 2. The Bertz CT molecular complexity index is 572. The molecule has 0 radical (unpaired) electrons. The molecular formula is C15H21N3O4. The number of carboxylic acids is 1. The number of carbonyl (C=O) groups excluding carboxylic acids is 2. The quantitative estimate of drug-likeness (QED) is 0.564. The molecule has 2 amide bonds. The number of anilines is 1. The molecule has 1 atom stereocenters. The summed E-state index contributed by atoms with van der Waals surface area (Å²) in [5.41, 5.74) is 7.25. The average Bonchev–Trinajstić information content (AvgIpc) is 2.49. The van der Waals surface area contributed by atoms with Crippen LogP contribution in [0.5, 0.6) is 0 Å². The van der Waals surface area contributed by atoms with Crippen molar-refractivity contribution in [2.45, 2.75) is 32.2 Å². The fourth-order valence-corrected chi connectivity index (χ4v) is 2.06. The third-order valence-corrected chi connectivity index (χ3v) is 3.30. The molecule has 7 nitrogen and oxygen atoms in total. The summed E-state index contributed by atoms with van der Waals surface area (Å²) < 4.78 is 0. The first-order valence-corrected chi connectivity index (χ1v) is 7.01. The van der Waals surface area contributed by atoms with Crippen LogP contribution in [0, 0.1) is 0 Å². The zero-order valence-corrected chi connectivity index (χ0v) is 12.7. The SMILES string of the molecule is CCc1cc(C(=O)N[C@@H](CCC(N)=O)C(=O)O)ccc1NC. The molecule has 120 valence electrons. The van der Waals surface area contributed by atoms with Crippen molar-refractivity contribution < 1.29 is 19.5 Å². The molecule has 0 saturated carbocycles. The Hall–Kier alpha value is -2.57. The summed E-state index contributed by atoms with van der Waals surface area (Å²) in [6.45, 7) is 1.96. The fraction of sp³-hybridized carbons (Fsp3) is 0.400. The van der Waals surface area contributed by atoms with Gasteiger partial charge in [-0.25, -0.2) is 4.79 Å². The monoisotopic (exact) mass is 307 g/mol. The summed E-state index contributed by atoms with van der Waals surface area (Å²) in [5.74, 6) is -2.29. The number of aryl methyl sites for hydroxylation is 1. The zero-order chi connectivity index (χ0) is 16.7. The molecule has 22 heavy (non-hydrogen) atoms. The highest BCUT2D eigenvalue weighted by Crippen LogP contribution is 2.18. The standard InChI is InChI=1S/C15H21N3O4/c1-3-9-8-10(4-5-11(9)17-2)14(20)18-12(15(21)22)6-7-13(16)19/h4-5,8,12,17H,3,6-7H2,1-2H3,(H2,16,19)(H,18,20)(H,21,22)/t12-/m0/s1. The summed E-state index contributed by atoms with van der Waals surface area (Å²) in [6.07, 6.45) is 0.600. The van der Waals surface area contributed by atoms with Crippen LogP contribution in [0.1, 0.15) is 35.7 Å². The van der Waals surface area contributed by atoms with Crippen molar-refractivity contribution >= 4 is 23.5 Å². The lowest BCUT2D eigenvalue weighted by atomic mass is 10.0. The van der Waals surface area contributed by atoms with Gasteiger partial charge in [-0.15, -0.1) is 0 Å².